The van der Waals surface area contributed by atoms with Gasteiger partial charge in [-0.1, -0.05) is 27.7 Å². The Balaban J connectivity index is 1.17. The first-order chi connectivity index (χ1) is 21.6. The predicted octanol–water partition coefficient (Wildman–Crippen LogP) is 4.90. The molecule has 0 spiro atoms. The number of primary amides is 1. The molecule has 5 rings (SSSR count). The Labute approximate surface area is 269 Å². The van der Waals surface area contributed by atoms with Gasteiger partial charge in [-0.15, -0.1) is 0 Å². The maximum Gasteiger partial charge on any atom is 0.334 e. The molecule has 10 unspecified atom stereocenters. The highest BCUT2D eigenvalue weighted by Crippen LogP contribution is 2.61. The topological polar surface area (TPSA) is 170 Å². The van der Waals surface area contributed by atoms with Crippen LogP contribution in [-0.4, -0.2) is 66.2 Å². The van der Waals surface area contributed by atoms with Crippen LogP contribution in [0.5, 0.6) is 0 Å². The number of pyridine rings is 1. The minimum atomic E-state index is -3.81. The molecule has 2 aliphatic rings. The third-order valence-corrected chi connectivity index (χ3v) is 12.8. The van der Waals surface area contributed by atoms with Gasteiger partial charge in [0.2, 0.25) is 0 Å². The zero-order valence-electron chi connectivity index (χ0n) is 27.5. The molecule has 2 aliphatic heterocycles. The lowest BCUT2D eigenvalue weighted by atomic mass is 9.93. The van der Waals surface area contributed by atoms with Crippen molar-refractivity contribution in [3.05, 3.63) is 48.2 Å². The first kappa shape index (κ1) is 34.6. The van der Waals surface area contributed by atoms with Crippen molar-refractivity contribution in [1.29, 1.82) is 0 Å². The summed E-state index contributed by atoms with van der Waals surface area (Å²) in [5, 5.41) is 4.00. The number of fused-ring (bicyclic) bond motifs is 1. The van der Waals surface area contributed by atoms with Crippen molar-refractivity contribution in [3.8, 4) is 0 Å². The summed E-state index contributed by atoms with van der Waals surface area (Å²) in [5.41, 5.74) is 6.56. The Morgan fingerprint density at radius 1 is 1.00 bits per heavy atom. The summed E-state index contributed by atoms with van der Waals surface area (Å²) in [5.74, 6) is 1.06. The normalized spacial score (nSPS) is 30.7. The van der Waals surface area contributed by atoms with Crippen LogP contribution in [0.1, 0.15) is 56.3 Å². The number of nitrogens with one attached hydrogen (secondary N) is 1. The van der Waals surface area contributed by atoms with Gasteiger partial charge in [-0.05, 0) is 30.9 Å². The lowest BCUT2D eigenvalue weighted by Gasteiger charge is -2.23. The molecule has 0 aromatic carbocycles. The molecule has 3 aromatic heterocycles. The summed E-state index contributed by atoms with van der Waals surface area (Å²) >= 11 is 0. The number of carbonyl (C=O) groups is 1. The van der Waals surface area contributed by atoms with Crippen molar-refractivity contribution in [1.82, 2.24) is 14.5 Å². The third kappa shape index (κ3) is 7.23. The largest absolute Gasteiger partial charge is 0.372 e. The molecule has 5 heterocycles. The number of anilines is 1. The predicted molar refractivity (Wildman–Crippen MR) is 171 cm³/mol. The van der Waals surface area contributed by atoms with Gasteiger partial charge in [0.1, 0.15) is 29.1 Å². The van der Waals surface area contributed by atoms with E-state index in [1.165, 1.54) is 13.3 Å². The Bertz CT molecular complexity index is 1690. The van der Waals surface area contributed by atoms with E-state index >= 15 is 0 Å². The number of hydrogen-bond donors (Lipinski definition) is 2. The van der Waals surface area contributed by atoms with Gasteiger partial charge in [0.05, 0.1) is 36.7 Å². The zero-order valence-corrected chi connectivity index (χ0v) is 29.3. The van der Waals surface area contributed by atoms with Crippen LogP contribution in [0.3, 0.4) is 0 Å². The van der Waals surface area contributed by atoms with Crippen molar-refractivity contribution < 1.29 is 41.3 Å². The van der Waals surface area contributed by atoms with Crippen LogP contribution < -0.4 is 15.6 Å². The van der Waals surface area contributed by atoms with E-state index in [-0.39, 0.29) is 49.3 Å². The number of aryl methyl sites for hydroxylation is 1. The van der Waals surface area contributed by atoms with Crippen LogP contribution in [0.25, 0.3) is 11.0 Å². The van der Waals surface area contributed by atoms with E-state index in [0.29, 0.717) is 11.4 Å². The highest BCUT2D eigenvalue weighted by atomic mass is 31.3. The molecule has 2 fully saturated rings. The number of ether oxygens (including phenoxy) is 2. The van der Waals surface area contributed by atoms with E-state index in [0.717, 1.165) is 16.9 Å². The van der Waals surface area contributed by atoms with Crippen LogP contribution in [0.15, 0.2) is 36.8 Å². The molecule has 0 saturated carbocycles. The second kappa shape index (κ2) is 13.4. The van der Waals surface area contributed by atoms with E-state index in [9.17, 15) is 13.9 Å². The van der Waals surface area contributed by atoms with Gasteiger partial charge in [-0.25, -0.2) is 14.3 Å². The summed E-state index contributed by atoms with van der Waals surface area (Å²) in [6.07, 6.45) is 3.86. The molecule has 0 aliphatic carbocycles. The molecule has 16 heteroatoms. The van der Waals surface area contributed by atoms with Gasteiger partial charge in [0.15, 0.2) is 12.4 Å². The quantitative estimate of drug-likeness (QED) is 0.197. The number of hydrogen-bond acceptors (Lipinski definition) is 11. The monoisotopic (exact) mass is 679 g/mol. The molecule has 252 valence electrons. The maximum absolute atomic E-state index is 13.4. The second-order valence-corrected chi connectivity index (χ2v) is 16.8. The molecule has 14 nitrogen and oxygen atoms in total. The van der Waals surface area contributed by atoms with Crippen LogP contribution >= 0.6 is 15.2 Å². The second-order valence-electron chi connectivity index (χ2n) is 12.5. The maximum atomic E-state index is 13.4. The Morgan fingerprint density at radius 3 is 2.26 bits per heavy atom. The van der Waals surface area contributed by atoms with Crippen molar-refractivity contribution in [2.75, 3.05) is 38.9 Å². The lowest BCUT2D eigenvalue weighted by molar-refractivity contribution is -0.765. The van der Waals surface area contributed by atoms with Crippen molar-refractivity contribution in [2.45, 2.75) is 59.3 Å². The standard InChI is InChI=1S/C30H44N6O8P2/c1-17-19(3)29(35-12-9-10-22(14-35)26(31)37)42-24(17)15-40-45(7,38)44-46(8,39)41-16-25-18(2)20(4)30(43-25)36-13-11-23-27(32-6)33-21(5)34-28(23)36/h9-14,17-20,24-25,29-30H,15-16H2,1-8H3,(H2-,31,32,33,34,37)/p+1. The fourth-order valence-electron chi connectivity index (χ4n) is 6.16. The Kier molecular flexibility index (Phi) is 10.1. The SMILES string of the molecule is CNc1nc(C)nc2c1ccn2C1OC(COP(C)(=O)OP(C)(=O)OCC2OC([n+]3cccc(C(N)=O)c3)C(C)C2C)C(C)C1C. The Morgan fingerprint density at radius 2 is 1.63 bits per heavy atom. The third-order valence-electron chi connectivity index (χ3n) is 9.20. The minimum absolute atomic E-state index is 0.0195. The number of amides is 1. The number of aromatic nitrogens is 4. The van der Waals surface area contributed by atoms with Crippen LogP contribution in [0.2, 0.25) is 0 Å². The van der Waals surface area contributed by atoms with Crippen molar-refractivity contribution in [2.24, 2.45) is 29.4 Å². The number of nitrogens with zero attached hydrogens (tertiary/aromatic N) is 4. The molecule has 0 radical (unpaired) electrons. The van der Waals surface area contributed by atoms with Gasteiger partial charge in [-0.2, -0.15) is 4.57 Å². The van der Waals surface area contributed by atoms with Gasteiger partial charge in [-0.3, -0.25) is 13.9 Å². The molecule has 2 saturated heterocycles. The summed E-state index contributed by atoms with van der Waals surface area (Å²) in [6, 6.07) is 5.32. The zero-order chi connectivity index (χ0) is 33.6. The van der Waals surface area contributed by atoms with Gasteiger partial charge < -0.3 is 34.1 Å². The molecule has 0 bridgehead atoms. The summed E-state index contributed by atoms with van der Waals surface area (Å²) in [4.78, 5) is 20.8. The molecule has 3 N–H and O–H groups in total. The minimum Gasteiger partial charge on any atom is -0.372 e. The summed E-state index contributed by atoms with van der Waals surface area (Å²) in [7, 11) is -5.79. The molecule has 46 heavy (non-hydrogen) atoms. The summed E-state index contributed by atoms with van der Waals surface area (Å²) < 4.78 is 60.0. The van der Waals surface area contributed by atoms with E-state index < -0.39 is 33.3 Å². The van der Waals surface area contributed by atoms with Crippen LogP contribution in [0, 0.1) is 30.6 Å². The van der Waals surface area contributed by atoms with E-state index in [4.69, 9.17) is 28.6 Å². The molecular formula is C30H45N6O8P2+. The van der Waals surface area contributed by atoms with Crippen LogP contribution in [-0.2, 0) is 32.0 Å². The number of nitrogens with two attached hydrogens (primary N) is 1. The van der Waals surface area contributed by atoms with Gasteiger partial charge in [0.25, 0.3) is 12.1 Å². The average molecular weight is 680 g/mol. The first-order valence-electron chi connectivity index (χ1n) is 15.4. The van der Waals surface area contributed by atoms with E-state index in [1.54, 1.807) is 29.1 Å². The highest BCUT2D eigenvalue weighted by Gasteiger charge is 2.46. The number of carbonyl (C=O) groups excluding carboxylic acids is 1. The molecule has 3 aromatic rings. The van der Waals surface area contributed by atoms with Crippen LogP contribution in [0.4, 0.5) is 5.82 Å². The smallest absolute Gasteiger partial charge is 0.334 e. The van der Waals surface area contributed by atoms with Gasteiger partial charge >= 0.3 is 15.2 Å². The Hall–Kier alpha value is -2.70. The molecule has 10 atom stereocenters. The van der Waals surface area contributed by atoms with E-state index in [2.05, 4.69) is 29.1 Å². The van der Waals surface area contributed by atoms with Crippen molar-refractivity contribution in [3.63, 3.8) is 0 Å². The lowest BCUT2D eigenvalue weighted by Crippen LogP contribution is -2.42. The van der Waals surface area contributed by atoms with E-state index in [1.807, 2.05) is 44.6 Å². The summed E-state index contributed by atoms with van der Waals surface area (Å²) in [6.45, 7) is 12.5. The highest BCUT2D eigenvalue weighted by molar-refractivity contribution is 7.66. The fourth-order valence-corrected chi connectivity index (χ4v) is 9.53. The fraction of sp³-hybridized carbons (Fsp3) is 0.600. The first-order valence-corrected chi connectivity index (χ1v) is 19.4. The van der Waals surface area contributed by atoms with Crippen molar-refractivity contribution >= 4 is 37.9 Å². The average Bonchev–Trinajstić information content (AvgIpc) is 3.63. The molecular weight excluding hydrogens is 634 g/mol. The van der Waals surface area contributed by atoms with Gasteiger partial charge in [0, 0.05) is 38.6 Å². The number of rotatable bonds is 12. The molecule has 1 amide bonds.